The van der Waals surface area contributed by atoms with E-state index in [1.54, 1.807) is 0 Å². The van der Waals surface area contributed by atoms with Gasteiger partial charge in [-0.3, -0.25) is 0 Å². The van der Waals surface area contributed by atoms with Gasteiger partial charge < -0.3 is 10.3 Å². The van der Waals surface area contributed by atoms with E-state index in [9.17, 15) is 0 Å². The molecule has 1 atom stereocenters. The Morgan fingerprint density at radius 1 is 1.53 bits per heavy atom. The van der Waals surface area contributed by atoms with Crippen LogP contribution in [-0.4, -0.2) is 16.0 Å². The molecule has 1 aliphatic rings. The summed E-state index contributed by atoms with van der Waals surface area (Å²) in [6.45, 7) is 4.27. The molecule has 0 radical (unpaired) electrons. The molecule has 1 aromatic rings. The molecule has 0 aliphatic heterocycles. The molecule has 0 aromatic carbocycles. The van der Waals surface area contributed by atoms with Gasteiger partial charge in [0.05, 0.1) is 6.04 Å². The van der Waals surface area contributed by atoms with Gasteiger partial charge >= 0.3 is 0 Å². The average Bonchev–Trinajstić information content (AvgIpc) is 2.85. The molecular formula is C12H21N3. The quantitative estimate of drug-likeness (QED) is 0.797. The monoisotopic (exact) mass is 207 g/mol. The van der Waals surface area contributed by atoms with Crippen molar-refractivity contribution in [3.05, 3.63) is 17.7 Å². The topological polar surface area (TPSA) is 40.7 Å². The van der Waals surface area contributed by atoms with Crippen LogP contribution < -0.4 is 5.32 Å². The van der Waals surface area contributed by atoms with Crippen molar-refractivity contribution in [1.82, 2.24) is 15.3 Å². The Morgan fingerprint density at radius 2 is 2.27 bits per heavy atom. The standard InChI is InChI=1S/C12H21N3/c1-3-11(12-13-8-9(2)14-12)15-10-6-4-5-7-10/h8,10-11,15H,3-7H2,1-2H3,(H,13,14). The second kappa shape index (κ2) is 4.79. The van der Waals surface area contributed by atoms with Crippen molar-refractivity contribution in [2.24, 2.45) is 0 Å². The minimum absolute atomic E-state index is 0.404. The molecule has 0 amide bonds. The van der Waals surface area contributed by atoms with Gasteiger partial charge in [-0.05, 0) is 26.2 Å². The Bertz CT molecular complexity index is 300. The molecule has 0 saturated heterocycles. The Hall–Kier alpha value is -0.830. The Morgan fingerprint density at radius 3 is 2.80 bits per heavy atom. The zero-order valence-electron chi connectivity index (χ0n) is 9.71. The lowest BCUT2D eigenvalue weighted by Gasteiger charge is -2.19. The number of hydrogen-bond acceptors (Lipinski definition) is 2. The van der Waals surface area contributed by atoms with E-state index in [1.807, 2.05) is 6.20 Å². The van der Waals surface area contributed by atoms with Crippen LogP contribution in [0.15, 0.2) is 6.20 Å². The molecule has 1 unspecified atom stereocenters. The van der Waals surface area contributed by atoms with E-state index in [4.69, 9.17) is 0 Å². The molecule has 0 spiro atoms. The normalized spacial score (nSPS) is 19.6. The number of H-pyrrole nitrogens is 1. The van der Waals surface area contributed by atoms with Crippen LogP contribution in [-0.2, 0) is 0 Å². The molecule has 3 heteroatoms. The number of hydrogen-bond donors (Lipinski definition) is 2. The van der Waals surface area contributed by atoms with Crippen LogP contribution in [0.5, 0.6) is 0 Å². The van der Waals surface area contributed by atoms with Crippen LogP contribution in [0.4, 0.5) is 0 Å². The lowest BCUT2D eigenvalue weighted by atomic mass is 10.1. The molecule has 15 heavy (non-hydrogen) atoms. The van der Waals surface area contributed by atoms with E-state index in [-0.39, 0.29) is 0 Å². The summed E-state index contributed by atoms with van der Waals surface area (Å²) >= 11 is 0. The number of nitrogens with zero attached hydrogens (tertiary/aromatic N) is 1. The first kappa shape index (κ1) is 10.7. The molecule has 1 aromatic heterocycles. The molecule has 0 bridgehead atoms. The van der Waals surface area contributed by atoms with Gasteiger partial charge in [-0.25, -0.2) is 4.98 Å². The van der Waals surface area contributed by atoms with Crippen LogP contribution >= 0.6 is 0 Å². The fraction of sp³-hybridized carbons (Fsp3) is 0.750. The maximum absolute atomic E-state index is 4.41. The SMILES string of the molecule is CCC(NC1CCCC1)c1ncc(C)[nH]1. The van der Waals surface area contributed by atoms with E-state index in [0.717, 1.165) is 17.9 Å². The van der Waals surface area contributed by atoms with Gasteiger partial charge in [0.15, 0.2) is 0 Å². The minimum atomic E-state index is 0.404. The van der Waals surface area contributed by atoms with Gasteiger partial charge in [0.2, 0.25) is 0 Å². The number of aromatic nitrogens is 2. The van der Waals surface area contributed by atoms with Gasteiger partial charge in [-0.1, -0.05) is 19.8 Å². The van der Waals surface area contributed by atoms with E-state index in [1.165, 1.54) is 25.7 Å². The number of imidazole rings is 1. The van der Waals surface area contributed by atoms with Crippen molar-refractivity contribution in [3.63, 3.8) is 0 Å². The average molecular weight is 207 g/mol. The van der Waals surface area contributed by atoms with E-state index < -0.39 is 0 Å². The van der Waals surface area contributed by atoms with Crippen molar-refractivity contribution in [2.75, 3.05) is 0 Å². The van der Waals surface area contributed by atoms with E-state index >= 15 is 0 Å². The van der Waals surface area contributed by atoms with Crippen molar-refractivity contribution in [2.45, 2.75) is 58.0 Å². The number of aromatic amines is 1. The predicted octanol–water partition coefficient (Wildman–Crippen LogP) is 2.70. The molecule has 1 saturated carbocycles. The van der Waals surface area contributed by atoms with E-state index in [2.05, 4.69) is 29.1 Å². The van der Waals surface area contributed by atoms with Crippen LogP contribution in [0.2, 0.25) is 0 Å². The van der Waals surface area contributed by atoms with Crippen molar-refractivity contribution >= 4 is 0 Å². The summed E-state index contributed by atoms with van der Waals surface area (Å²) in [4.78, 5) is 7.74. The Kier molecular flexibility index (Phi) is 3.41. The third-order valence-corrected chi connectivity index (χ3v) is 3.25. The fourth-order valence-corrected chi connectivity index (χ4v) is 2.38. The highest BCUT2D eigenvalue weighted by molar-refractivity contribution is 5.03. The fourth-order valence-electron chi connectivity index (χ4n) is 2.38. The zero-order valence-corrected chi connectivity index (χ0v) is 9.71. The van der Waals surface area contributed by atoms with Gasteiger partial charge in [0, 0.05) is 17.9 Å². The minimum Gasteiger partial charge on any atom is -0.345 e. The van der Waals surface area contributed by atoms with Crippen LogP contribution in [0.3, 0.4) is 0 Å². The van der Waals surface area contributed by atoms with Crippen LogP contribution in [0, 0.1) is 6.92 Å². The highest BCUT2D eigenvalue weighted by Gasteiger charge is 2.20. The first-order valence-electron chi connectivity index (χ1n) is 6.07. The second-order valence-electron chi connectivity index (χ2n) is 4.56. The number of nitrogens with one attached hydrogen (secondary N) is 2. The molecule has 2 N–H and O–H groups in total. The second-order valence-corrected chi connectivity index (χ2v) is 4.56. The molecule has 1 fully saturated rings. The maximum Gasteiger partial charge on any atom is 0.123 e. The van der Waals surface area contributed by atoms with E-state index in [0.29, 0.717) is 12.1 Å². The molecule has 3 nitrogen and oxygen atoms in total. The summed E-state index contributed by atoms with van der Waals surface area (Å²) in [5.74, 6) is 1.10. The van der Waals surface area contributed by atoms with Gasteiger partial charge in [0.1, 0.15) is 5.82 Å². The molecule has 1 aliphatic carbocycles. The van der Waals surface area contributed by atoms with Crippen molar-refractivity contribution in [3.8, 4) is 0 Å². The lowest BCUT2D eigenvalue weighted by Crippen LogP contribution is -2.30. The van der Waals surface area contributed by atoms with Gasteiger partial charge in [0.25, 0.3) is 0 Å². The largest absolute Gasteiger partial charge is 0.345 e. The lowest BCUT2D eigenvalue weighted by molar-refractivity contribution is 0.418. The third kappa shape index (κ3) is 2.59. The summed E-state index contributed by atoms with van der Waals surface area (Å²) in [5.41, 5.74) is 1.15. The molecular weight excluding hydrogens is 186 g/mol. The first-order chi connectivity index (χ1) is 7.29. The summed E-state index contributed by atoms with van der Waals surface area (Å²) in [6.07, 6.45) is 8.43. The van der Waals surface area contributed by atoms with Crippen LogP contribution in [0.25, 0.3) is 0 Å². The Labute approximate surface area is 91.7 Å². The van der Waals surface area contributed by atoms with Gasteiger partial charge in [-0.2, -0.15) is 0 Å². The molecule has 2 rings (SSSR count). The number of aryl methyl sites for hydroxylation is 1. The maximum atomic E-state index is 4.41. The third-order valence-electron chi connectivity index (χ3n) is 3.25. The number of rotatable bonds is 4. The van der Waals surface area contributed by atoms with Gasteiger partial charge in [-0.15, -0.1) is 0 Å². The van der Waals surface area contributed by atoms with Crippen molar-refractivity contribution in [1.29, 1.82) is 0 Å². The molecule has 1 heterocycles. The summed E-state index contributed by atoms with van der Waals surface area (Å²) in [6, 6.07) is 1.11. The summed E-state index contributed by atoms with van der Waals surface area (Å²) in [5, 5.41) is 3.70. The smallest absolute Gasteiger partial charge is 0.123 e. The van der Waals surface area contributed by atoms with Crippen LogP contribution in [0.1, 0.15) is 56.6 Å². The zero-order chi connectivity index (χ0) is 10.7. The summed E-state index contributed by atoms with van der Waals surface area (Å²) < 4.78 is 0. The Balaban J connectivity index is 1.97. The van der Waals surface area contributed by atoms with Crippen molar-refractivity contribution < 1.29 is 0 Å². The highest BCUT2D eigenvalue weighted by Crippen LogP contribution is 2.22. The highest BCUT2D eigenvalue weighted by atomic mass is 15.0. The first-order valence-corrected chi connectivity index (χ1v) is 6.07. The summed E-state index contributed by atoms with van der Waals surface area (Å²) in [7, 11) is 0. The molecule has 84 valence electrons. The predicted molar refractivity (Wildman–Crippen MR) is 61.7 cm³/mol.